The predicted octanol–water partition coefficient (Wildman–Crippen LogP) is 3.94. The highest BCUT2D eigenvalue weighted by molar-refractivity contribution is 6.30. The molecule has 2 aromatic carbocycles. The van der Waals surface area contributed by atoms with Gasteiger partial charge in [0.1, 0.15) is 5.82 Å². The molecule has 0 radical (unpaired) electrons. The number of methoxy groups -OCH3 is 2. The lowest BCUT2D eigenvalue weighted by Crippen LogP contribution is -2.38. The molecule has 6 nitrogen and oxygen atoms in total. The molecule has 7 heteroatoms. The molecule has 1 unspecified atom stereocenters. The van der Waals surface area contributed by atoms with Crippen molar-refractivity contribution in [2.24, 2.45) is 5.73 Å². The fourth-order valence-corrected chi connectivity index (χ4v) is 4.30. The molecule has 1 atom stereocenters. The molecule has 0 aromatic heterocycles. The number of benzene rings is 2. The minimum Gasteiger partial charge on any atom is -0.493 e. The Hall–Kier alpha value is -3.61. The van der Waals surface area contributed by atoms with Crippen molar-refractivity contribution < 1.29 is 9.47 Å². The third kappa shape index (κ3) is 2.94. The van der Waals surface area contributed by atoms with Gasteiger partial charge in [0.25, 0.3) is 0 Å². The molecule has 0 spiro atoms. The van der Waals surface area contributed by atoms with Crippen LogP contribution in [0.1, 0.15) is 22.6 Å². The minimum atomic E-state index is -0.567. The standard InChI is InChI=1S/C23H19ClN4O2/c1-29-19-9-14-7-8-28-22(16(14)10-20(19)30-2)17(11-25)21(18(12-26)23(28)27)13-3-5-15(24)6-4-13/h3-6,9-10,21H,7-8,27H2,1-2H3. The van der Waals surface area contributed by atoms with Gasteiger partial charge in [-0.1, -0.05) is 23.7 Å². The Morgan fingerprint density at radius 3 is 2.27 bits per heavy atom. The number of nitrogens with two attached hydrogens (primary N) is 1. The number of hydrogen-bond donors (Lipinski definition) is 1. The maximum atomic E-state index is 10.2. The van der Waals surface area contributed by atoms with E-state index in [4.69, 9.17) is 26.8 Å². The lowest BCUT2D eigenvalue weighted by atomic mass is 9.78. The fraction of sp³-hybridized carbons (Fsp3) is 0.217. The molecular formula is C23H19ClN4O2. The van der Waals surface area contributed by atoms with Crippen molar-refractivity contribution in [3.63, 3.8) is 0 Å². The summed E-state index contributed by atoms with van der Waals surface area (Å²) in [4.78, 5) is 1.86. The molecule has 2 aromatic rings. The Balaban J connectivity index is 2.00. The van der Waals surface area contributed by atoms with Gasteiger partial charge in [-0.15, -0.1) is 0 Å². The van der Waals surface area contributed by atoms with E-state index in [1.54, 1.807) is 26.4 Å². The van der Waals surface area contributed by atoms with E-state index in [2.05, 4.69) is 12.1 Å². The first kappa shape index (κ1) is 19.7. The van der Waals surface area contributed by atoms with Crippen LogP contribution in [0.3, 0.4) is 0 Å². The number of rotatable bonds is 3. The zero-order valence-electron chi connectivity index (χ0n) is 16.6. The Labute approximate surface area is 180 Å². The van der Waals surface area contributed by atoms with Crippen LogP contribution in [0.25, 0.3) is 5.70 Å². The van der Waals surface area contributed by atoms with Crippen molar-refractivity contribution in [3.8, 4) is 23.6 Å². The molecule has 0 saturated carbocycles. The summed E-state index contributed by atoms with van der Waals surface area (Å²) in [6.07, 6.45) is 0.697. The van der Waals surface area contributed by atoms with Gasteiger partial charge in [0.15, 0.2) is 11.5 Å². The van der Waals surface area contributed by atoms with Crippen LogP contribution in [0.5, 0.6) is 11.5 Å². The fourth-order valence-electron chi connectivity index (χ4n) is 4.17. The van der Waals surface area contributed by atoms with Crippen LogP contribution in [0.2, 0.25) is 5.02 Å². The second-order valence-electron chi connectivity index (χ2n) is 7.04. The number of ether oxygens (including phenoxy) is 2. The largest absolute Gasteiger partial charge is 0.493 e. The second kappa shape index (κ2) is 7.67. The van der Waals surface area contributed by atoms with Crippen molar-refractivity contribution in [1.29, 1.82) is 10.5 Å². The highest BCUT2D eigenvalue weighted by atomic mass is 35.5. The summed E-state index contributed by atoms with van der Waals surface area (Å²) in [6.45, 7) is 0.563. The van der Waals surface area contributed by atoms with Crippen LogP contribution < -0.4 is 15.2 Å². The van der Waals surface area contributed by atoms with Crippen LogP contribution in [0, 0.1) is 22.7 Å². The lowest BCUT2D eigenvalue weighted by molar-refractivity contribution is 0.353. The SMILES string of the molecule is COc1cc2c(cc1OC)C1=C(C#N)C(c3ccc(Cl)cc3)C(C#N)=C(N)N1CC2. The maximum absolute atomic E-state index is 10.2. The lowest BCUT2D eigenvalue weighted by Gasteiger charge is -2.40. The molecule has 30 heavy (non-hydrogen) atoms. The van der Waals surface area contributed by atoms with Crippen LogP contribution in [0.15, 0.2) is 53.4 Å². The van der Waals surface area contributed by atoms with Gasteiger partial charge < -0.3 is 20.1 Å². The van der Waals surface area contributed by atoms with Crippen LogP contribution in [0.4, 0.5) is 0 Å². The summed E-state index contributed by atoms with van der Waals surface area (Å²) in [6, 6.07) is 15.5. The first-order valence-corrected chi connectivity index (χ1v) is 9.74. The topological polar surface area (TPSA) is 95.3 Å². The molecule has 2 heterocycles. The van der Waals surface area contributed by atoms with E-state index in [0.29, 0.717) is 52.2 Å². The molecule has 150 valence electrons. The summed E-state index contributed by atoms with van der Waals surface area (Å²) in [5, 5.41) is 20.6. The van der Waals surface area contributed by atoms with Crippen LogP contribution >= 0.6 is 11.6 Å². The van der Waals surface area contributed by atoms with E-state index in [0.717, 1.165) is 16.7 Å². The highest BCUT2D eigenvalue weighted by Crippen LogP contribution is 2.47. The second-order valence-corrected chi connectivity index (χ2v) is 7.47. The summed E-state index contributed by atoms with van der Waals surface area (Å²) in [5.74, 6) is 1.00. The van der Waals surface area contributed by atoms with Crippen LogP contribution in [-0.4, -0.2) is 25.7 Å². The van der Waals surface area contributed by atoms with E-state index in [9.17, 15) is 10.5 Å². The molecule has 2 N–H and O–H groups in total. The number of fused-ring (bicyclic) bond motifs is 3. The maximum Gasteiger partial charge on any atom is 0.161 e. The Kier molecular flexibility index (Phi) is 5.03. The molecule has 2 aliphatic heterocycles. The molecule has 0 aliphatic carbocycles. The van der Waals surface area contributed by atoms with Gasteiger partial charge in [-0.2, -0.15) is 10.5 Å². The van der Waals surface area contributed by atoms with E-state index in [1.807, 2.05) is 29.2 Å². The first-order chi connectivity index (χ1) is 14.5. The first-order valence-electron chi connectivity index (χ1n) is 9.36. The normalized spacial score (nSPS) is 17.6. The van der Waals surface area contributed by atoms with Crippen molar-refractivity contribution in [1.82, 2.24) is 4.90 Å². The third-order valence-corrected chi connectivity index (χ3v) is 5.83. The zero-order valence-corrected chi connectivity index (χ0v) is 17.3. The Morgan fingerprint density at radius 1 is 1.03 bits per heavy atom. The number of nitrogens with zero attached hydrogens (tertiary/aromatic N) is 3. The molecule has 0 amide bonds. The van der Waals surface area contributed by atoms with Gasteiger partial charge in [-0.3, -0.25) is 0 Å². The minimum absolute atomic E-state index is 0.363. The van der Waals surface area contributed by atoms with E-state index >= 15 is 0 Å². The molecule has 0 bridgehead atoms. The van der Waals surface area contributed by atoms with Gasteiger partial charge in [0.2, 0.25) is 0 Å². The Bertz CT molecular complexity index is 1170. The van der Waals surface area contributed by atoms with Gasteiger partial charge in [0, 0.05) is 17.1 Å². The average molecular weight is 419 g/mol. The molecule has 0 saturated heterocycles. The third-order valence-electron chi connectivity index (χ3n) is 5.58. The number of allylic oxidation sites excluding steroid dienone is 2. The quantitative estimate of drug-likeness (QED) is 0.811. The molecule has 0 fully saturated rings. The number of hydrogen-bond acceptors (Lipinski definition) is 6. The highest BCUT2D eigenvalue weighted by Gasteiger charge is 2.38. The van der Waals surface area contributed by atoms with Crippen LogP contribution in [-0.2, 0) is 6.42 Å². The summed E-state index contributed by atoms with van der Waals surface area (Å²) >= 11 is 6.05. The van der Waals surface area contributed by atoms with E-state index < -0.39 is 5.92 Å². The van der Waals surface area contributed by atoms with Crippen molar-refractivity contribution in [2.75, 3.05) is 20.8 Å². The van der Waals surface area contributed by atoms with Gasteiger partial charge >= 0.3 is 0 Å². The average Bonchev–Trinajstić information content (AvgIpc) is 2.78. The Morgan fingerprint density at radius 2 is 1.67 bits per heavy atom. The number of nitriles is 2. The van der Waals surface area contributed by atoms with Gasteiger partial charge in [-0.25, -0.2) is 0 Å². The molecular weight excluding hydrogens is 400 g/mol. The smallest absolute Gasteiger partial charge is 0.161 e. The predicted molar refractivity (Wildman–Crippen MR) is 114 cm³/mol. The summed E-state index contributed by atoms with van der Waals surface area (Å²) in [5.41, 5.74) is 10.7. The zero-order chi connectivity index (χ0) is 21.4. The van der Waals surface area contributed by atoms with E-state index in [1.165, 1.54) is 0 Å². The van der Waals surface area contributed by atoms with Crippen molar-refractivity contribution in [3.05, 3.63) is 75.1 Å². The van der Waals surface area contributed by atoms with Gasteiger partial charge in [0.05, 0.1) is 49.1 Å². The van der Waals surface area contributed by atoms with E-state index in [-0.39, 0.29) is 0 Å². The molecule has 2 aliphatic rings. The monoisotopic (exact) mass is 418 g/mol. The number of halogens is 1. The van der Waals surface area contributed by atoms with Crippen molar-refractivity contribution in [2.45, 2.75) is 12.3 Å². The summed E-state index contributed by atoms with van der Waals surface area (Å²) < 4.78 is 10.9. The van der Waals surface area contributed by atoms with Gasteiger partial charge in [-0.05, 0) is 41.8 Å². The van der Waals surface area contributed by atoms with Crippen molar-refractivity contribution >= 4 is 17.3 Å². The summed E-state index contributed by atoms with van der Waals surface area (Å²) in [7, 11) is 3.17. The molecule has 4 rings (SSSR count).